The number of nitriles is 1. The lowest BCUT2D eigenvalue weighted by molar-refractivity contribution is 0.413. The fourth-order valence-corrected chi connectivity index (χ4v) is 1.92. The second kappa shape index (κ2) is 4.38. The van der Waals surface area contributed by atoms with Crippen molar-refractivity contribution in [1.82, 2.24) is 19.5 Å². The summed E-state index contributed by atoms with van der Waals surface area (Å²) in [5.41, 5.74) is 2.14. The number of nitrogens with zero attached hydrogens (tertiary/aromatic N) is 5. The van der Waals surface area contributed by atoms with Crippen LogP contribution in [0.5, 0.6) is 5.75 Å². The SMILES string of the molecule is COc1ccccc1-n1cnc2c(C#N)ncnc21. The lowest BCUT2D eigenvalue weighted by Crippen LogP contribution is -1.98. The predicted octanol–water partition coefficient (Wildman–Crippen LogP) is 1.70. The highest BCUT2D eigenvalue weighted by atomic mass is 16.5. The Morgan fingerprint density at radius 1 is 1.21 bits per heavy atom. The van der Waals surface area contributed by atoms with Gasteiger partial charge in [0.25, 0.3) is 0 Å². The first-order valence-electron chi connectivity index (χ1n) is 5.56. The van der Waals surface area contributed by atoms with Crippen molar-refractivity contribution in [1.29, 1.82) is 5.26 Å². The summed E-state index contributed by atoms with van der Waals surface area (Å²) in [4.78, 5) is 12.3. The normalized spacial score (nSPS) is 10.3. The third-order valence-electron chi connectivity index (χ3n) is 2.78. The van der Waals surface area contributed by atoms with Gasteiger partial charge in [0.1, 0.15) is 30.0 Å². The standard InChI is InChI=1S/C13H9N5O/c1-19-11-5-3-2-4-10(11)18-8-17-12-9(6-14)15-7-16-13(12)18/h2-5,7-8H,1H3. The Balaban J connectivity index is 2.30. The second-order valence-electron chi connectivity index (χ2n) is 3.79. The summed E-state index contributed by atoms with van der Waals surface area (Å²) in [6, 6.07) is 9.54. The first-order chi connectivity index (χ1) is 9.35. The highest BCUT2D eigenvalue weighted by molar-refractivity contribution is 5.78. The number of methoxy groups -OCH3 is 1. The number of aromatic nitrogens is 4. The monoisotopic (exact) mass is 251 g/mol. The Morgan fingerprint density at radius 2 is 2.05 bits per heavy atom. The van der Waals surface area contributed by atoms with E-state index in [2.05, 4.69) is 15.0 Å². The lowest BCUT2D eigenvalue weighted by Gasteiger charge is -2.08. The molecule has 3 rings (SSSR count). The molecule has 0 unspecified atom stereocenters. The van der Waals surface area contributed by atoms with Gasteiger partial charge in [0.05, 0.1) is 12.8 Å². The number of hydrogen-bond acceptors (Lipinski definition) is 5. The summed E-state index contributed by atoms with van der Waals surface area (Å²) in [6.07, 6.45) is 2.96. The summed E-state index contributed by atoms with van der Waals surface area (Å²) in [6.45, 7) is 0. The molecule has 6 heteroatoms. The van der Waals surface area contributed by atoms with E-state index >= 15 is 0 Å². The first kappa shape index (κ1) is 11.2. The molecule has 0 saturated heterocycles. The number of para-hydroxylation sites is 2. The molecule has 2 heterocycles. The van der Waals surface area contributed by atoms with Crippen LogP contribution in [0, 0.1) is 11.3 Å². The van der Waals surface area contributed by atoms with Crippen LogP contribution in [0.2, 0.25) is 0 Å². The molecule has 0 atom stereocenters. The largest absolute Gasteiger partial charge is 0.495 e. The van der Waals surface area contributed by atoms with E-state index in [0.717, 1.165) is 5.69 Å². The second-order valence-corrected chi connectivity index (χ2v) is 3.79. The molecule has 0 amide bonds. The molecule has 0 aliphatic carbocycles. The van der Waals surface area contributed by atoms with E-state index in [4.69, 9.17) is 10.00 Å². The topological polar surface area (TPSA) is 76.6 Å². The zero-order chi connectivity index (χ0) is 13.2. The fourth-order valence-electron chi connectivity index (χ4n) is 1.92. The molecule has 0 radical (unpaired) electrons. The molecule has 0 N–H and O–H groups in total. The van der Waals surface area contributed by atoms with Crippen LogP contribution in [0.15, 0.2) is 36.9 Å². The molecule has 6 nitrogen and oxygen atoms in total. The zero-order valence-electron chi connectivity index (χ0n) is 10.1. The van der Waals surface area contributed by atoms with Gasteiger partial charge in [-0.25, -0.2) is 15.0 Å². The van der Waals surface area contributed by atoms with Gasteiger partial charge >= 0.3 is 0 Å². The number of imidazole rings is 1. The molecule has 92 valence electrons. The molecule has 0 aliphatic heterocycles. The van der Waals surface area contributed by atoms with Crippen LogP contribution in [0.4, 0.5) is 0 Å². The van der Waals surface area contributed by atoms with Crippen molar-refractivity contribution in [2.24, 2.45) is 0 Å². The van der Waals surface area contributed by atoms with Crippen LogP contribution in [0.25, 0.3) is 16.9 Å². The predicted molar refractivity (Wildman–Crippen MR) is 67.9 cm³/mol. The maximum Gasteiger partial charge on any atom is 0.171 e. The molecule has 3 aromatic rings. The third-order valence-corrected chi connectivity index (χ3v) is 2.78. The molecule has 1 aromatic carbocycles. The summed E-state index contributed by atoms with van der Waals surface area (Å²) in [5.74, 6) is 0.707. The van der Waals surface area contributed by atoms with E-state index in [1.807, 2.05) is 30.3 Å². The van der Waals surface area contributed by atoms with E-state index in [0.29, 0.717) is 16.9 Å². The minimum atomic E-state index is 0.263. The Morgan fingerprint density at radius 3 is 2.84 bits per heavy atom. The maximum atomic E-state index is 9.00. The Hall–Kier alpha value is -2.94. The Bertz CT molecular complexity index is 787. The minimum Gasteiger partial charge on any atom is -0.495 e. The summed E-state index contributed by atoms with van der Waals surface area (Å²) < 4.78 is 7.09. The first-order valence-corrected chi connectivity index (χ1v) is 5.56. The van der Waals surface area contributed by atoms with Gasteiger partial charge in [0.15, 0.2) is 11.3 Å². The maximum absolute atomic E-state index is 9.00. The molecule has 0 fully saturated rings. The molecule has 2 aromatic heterocycles. The van der Waals surface area contributed by atoms with Crippen molar-refractivity contribution in [3.63, 3.8) is 0 Å². The van der Waals surface area contributed by atoms with Crippen LogP contribution >= 0.6 is 0 Å². The fraction of sp³-hybridized carbons (Fsp3) is 0.0769. The highest BCUT2D eigenvalue weighted by Gasteiger charge is 2.13. The molecule has 0 spiro atoms. The van der Waals surface area contributed by atoms with E-state index in [-0.39, 0.29) is 5.69 Å². The van der Waals surface area contributed by atoms with Gasteiger partial charge in [-0.15, -0.1) is 0 Å². The van der Waals surface area contributed by atoms with Crippen molar-refractivity contribution in [2.45, 2.75) is 0 Å². The van der Waals surface area contributed by atoms with Gasteiger partial charge in [-0.2, -0.15) is 5.26 Å². The van der Waals surface area contributed by atoms with Crippen molar-refractivity contribution >= 4 is 11.2 Å². The van der Waals surface area contributed by atoms with E-state index < -0.39 is 0 Å². The van der Waals surface area contributed by atoms with Crippen molar-refractivity contribution < 1.29 is 4.74 Å². The van der Waals surface area contributed by atoms with Crippen LogP contribution in [0.3, 0.4) is 0 Å². The number of benzene rings is 1. The number of ether oxygens (including phenoxy) is 1. The van der Waals surface area contributed by atoms with E-state index in [1.54, 1.807) is 18.0 Å². The molecular weight excluding hydrogens is 242 g/mol. The van der Waals surface area contributed by atoms with Crippen LogP contribution < -0.4 is 4.74 Å². The van der Waals surface area contributed by atoms with Gasteiger partial charge in [-0.1, -0.05) is 12.1 Å². The molecular formula is C13H9N5O. The van der Waals surface area contributed by atoms with Crippen LogP contribution in [-0.2, 0) is 0 Å². The van der Waals surface area contributed by atoms with Gasteiger partial charge < -0.3 is 4.74 Å². The zero-order valence-corrected chi connectivity index (χ0v) is 10.1. The smallest absolute Gasteiger partial charge is 0.171 e. The van der Waals surface area contributed by atoms with Crippen molar-refractivity contribution in [3.8, 4) is 17.5 Å². The minimum absolute atomic E-state index is 0.263. The van der Waals surface area contributed by atoms with Gasteiger partial charge in [-0.05, 0) is 12.1 Å². The van der Waals surface area contributed by atoms with Crippen LogP contribution in [-0.4, -0.2) is 26.6 Å². The Labute approximate surface area is 108 Å². The quantitative estimate of drug-likeness (QED) is 0.692. The van der Waals surface area contributed by atoms with Gasteiger partial charge in [0, 0.05) is 0 Å². The summed E-state index contributed by atoms with van der Waals surface area (Å²) in [5, 5.41) is 9.00. The van der Waals surface area contributed by atoms with Gasteiger partial charge in [0.2, 0.25) is 0 Å². The number of hydrogen-bond donors (Lipinski definition) is 0. The molecule has 19 heavy (non-hydrogen) atoms. The lowest BCUT2D eigenvalue weighted by atomic mass is 10.3. The molecule has 0 saturated carbocycles. The van der Waals surface area contributed by atoms with Crippen molar-refractivity contribution in [3.05, 3.63) is 42.6 Å². The van der Waals surface area contributed by atoms with Gasteiger partial charge in [-0.3, -0.25) is 4.57 Å². The Kier molecular flexibility index (Phi) is 2.58. The summed E-state index contributed by atoms with van der Waals surface area (Å²) in [7, 11) is 1.60. The highest BCUT2D eigenvalue weighted by Crippen LogP contribution is 2.25. The van der Waals surface area contributed by atoms with Crippen molar-refractivity contribution in [2.75, 3.05) is 7.11 Å². The van der Waals surface area contributed by atoms with E-state index in [1.165, 1.54) is 6.33 Å². The summed E-state index contributed by atoms with van der Waals surface area (Å²) >= 11 is 0. The molecule has 0 bridgehead atoms. The number of fused-ring (bicyclic) bond motifs is 1. The average molecular weight is 251 g/mol. The van der Waals surface area contributed by atoms with Crippen LogP contribution in [0.1, 0.15) is 5.69 Å². The van der Waals surface area contributed by atoms with E-state index in [9.17, 15) is 0 Å². The molecule has 0 aliphatic rings. The third kappa shape index (κ3) is 1.68. The number of rotatable bonds is 2. The average Bonchev–Trinajstić information content (AvgIpc) is 2.90.